The van der Waals surface area contributed by atoms with Crippen molar-refractivity contribution in [2.45, 2.75) is 30.8 Å². The highest BCUT2D eigenvalue weighted by molar-refractivity contribution is 8.00. The van der Waals surface area contributed by atoms with Crippen molar-refractivity contribution in [1.82, 2.24) is 9.58 Å². The molecule has 0 aliphatic carbocycles. The van der Waals surface area contributed by atoms with Crippen molar-refractivity contribution in [3.8, 4) is 0 Å². The lowest BCUT2D eigenvalue weighted by atomic mass is 10.00. The molecule has 6 rings (SSSR count). The Morgan fingerprint density at radius 3 is 2.54 bits per heavy atom. The van der Waals surface area contributed by atoms with Crippen LogP contribution < -0.4 is 0 Å². The van der Waals surface area contributed by atoms with Crippen molar-refractivity contribution in [2.75, 3.05) is 5.75 Å². The van der Waals surface area contributed by atoms with Crippen molar-refractivity contribution >= 4 is 45.6 Å². The van der Waals surface area contributed by atoms with Crippen molar-refractivity contribution in [1.29, 1.82) is 0 Å². The fraction of sp³-hybridized carbons (Fsp3) is 0.161. The summed E-state index contributed by atoms with van der Waals surface area (Å²) in [7, 11) is 0. The Morgan fingerprint density at radius 1 is 0.973 bits per heavy atom. The van der Waals surface area contributed by atoms with E-state index in [1.807, 2.05) is 12.1 Å². The summed E-state index contributed by atoms with van der Waals surface area (Å²) in [6, 6.07) is 31.4. The molecule has 0 bridgehead atoms. The van der Waals surface area contributed by atoms with Crippen molar-refractivity contribution in [2.24, 2.45) is 5.10 Å². The van der Waals surface area contributed by atoms with E-state index >= 15 is 0 Å². The molecule has 0 fully saturated rings. The van der Waals surface area contributed by atoms with Gasteiger partial charge < -0.3 is 4.57 Å². The number of carbonyl (C=O) groups is 1. The van der Waals surface area contributed by atoms with E-state index in [-0.39, 0.29) is 11.9 Å². The molecule has 37 heavy (non-hydrogen) atoms. The Bertz CT molecular complexity index is 1550. The lowest BCUT2D eigenvalue weighted by Gasteiger charge is -2.22. The highest BCUT2D eigenvalue weighted by Gasteiger charge is 2.33. The van der Waals surface area contributed by atoms with Crippen LogP contribution in [-0.2, 0) is 11.3 Å². The summed E-state index contributed by atoms with van der Waals surface area (Å²) in [6.07, 6.45) is 2.91. The smallest absolute Gasteiger partial charge is 0.253 e. The van der Waals surface area contributed by atoms with Crippen LogP contribution in [0.5, 0.6) is 0 Å². The minimum Gasteiger partial charge on any atom is -0.342 e. The van der Waals surface area contributed by atoms with E-state index in [1.54, 1.807) is 28.1 Å². The quantitative estimate of drug-likeness (QED) is 0.208. The molecule has 0 saturated carbocycles. The summed E-state index contributed by atoms with van der Waals surface area (Å²) in [5.74, 6) is 0.366. The molecular formula is C31H27N3OS2. The van der Waals surface area contributed by atoms with E-state index < -0.39 is 0 Å². The second kappa shape index (κ2) is 10.4. The van der Waals surface area contributed by atoms with Gasteiger partial charge in [-0.15, -0.1) is 23.1 Å². The van der Waals surface area contributed by atoms with E-state index in [2.05, 4.69) is 102 Å². The summed E-state index contributed by atoms with van der Waals surface area (Å²) < 4.78 is 2.27. The van der Waals surface area contributed by atoms with E-state index in [4.69, 9.17) is 5.10 Å². The number of thioether (sulfide) groups is 1. The third-order valence-electron chi connectivity index (χ3n) is 6.73. The number of rotatable bonds is 7. The largest absolute Gasteiger partial charge is 0.342 e. The van der Waals surface area contributed by atoms with Crippen LogP contribution in [0, 0.1) is 6.92 Å². The van der Waals surface area contributed by atoms with Gasteiger partial charge in [0.1, 0.15) is 0 Å². The molecule has 3 aromatic carbocycles. The van der Waals surface area contributed by atoms with Gasteiger partial charge in [-0.1, -0.05) is 84.4 Å². The molecule has 1 aliphatic rings. The van der Waals surface area contributed by atoms with E-state index in [9.17, 15) is 4.79 Å². The molecular weight excluding hydrogens is 494 g/mol. The Morgan fingerprint density at radius 2 is 1.76 bits per heavy atom. The zero-order valence-electron chi connectivity index (χ0n) is 20.6. The third kappa shape index (κ3) is 4.99. The van der Waals surface area contributed by atoms with Crippen LogP contribution in [0.3, 0.4) is 0 Å². The SMILES string of the molecule is Cc1ccc([C@H]2CC(c3cccs3)=NN2C(=O)CSc2cn(Cc3ccccc3)c3ccccc23)cc1. The number of para-hydroxylation sites is 1. The second-order valence-electron chi connectivity index (χ2n) is 9.31. The monoisotopic (exact) mass is 521 g/mol. The maximum Gasteiger partial charge on any atom is 0.253 e. The maximum absolute atomic E-state index is 13.6. The average Bonchev–Trinajstić information content (AvgIpc) is 3.68. The van der Waals surface area contributed by atoms with Gasteiger partial charge in [0.2, 0.25) is 0 Å². The number of hydrazone groups is 1. The molecule has 6 heteroatoms. The van der Waals surface area contributed by atoms with Crippen LogP contribution in [0.4, 0.5) is 0 Å². The molecule has 1 aliphatic heterocycles. The Hall–Kier alpha value is -3.61. The van der Waals surface area contributed by atoms with Crippen molar-refractivity contribution in [3.05, 3.63) is 124 Å². The number of carbonyl (C=O) groups excluding carboxylic acids is 1. The predicted octanol–water partition coefficient (Wildman–Crippen LogP) is 7.53. The first-order chi connectivity index (χ1) is 18.2. The lowest BCUT2D eigenvalue weighted by molar-refractivity contribution is -0.130. The minimum atomic E-state index is -0.0785. The molecule has 0 saturated heterocycles. The number of nitrogens with zero attached hydrogens (tertiary/aromatic N) is 3. The van der Waals surface area contributed by atoms with Crippen molar-refractivity contribution < 1.29 is 4.79 Å². The molecule has 5 aromatic rings. The maximum atomic E-state index is 13.6. The van der Waals surface area contributed by atoms with Crippen LogP contribution in [-0.4, -0.2) is 26.9 Å². The first-order valence-electron chi connectivity index (χ1n) is 12.4. The fourth-order valence-electron chi connectivity index (χ4n) is 4.82. The number of aryl methyl sites for hydroxylation is 1. The van der Waals surface area contributed by atoms with Crippen LogP contribution in [0.25, 0.3) is 10.9 Å². The number of fused-ring (bicyclic) bond motifs is 1. The highest BCUT2D eigenvalue weighted by Crippen LogP contribution is 2.36. The number of amides is 1. The van der Waals surface area contributed by atoms with Gasteiger partial charge in [-0.25, -0.2) is 5.01 Å². The normalized spacial score (nSPS) is 15.3. The van der Waals surface area contributed by atoms with Crippen LogP contribution in [0.2, 0.25) is 0 Å². The molecule has 4 nitrogen and oxygen atoms in total. The molecule has 0 radical (unpaired) electrons. The third-order valence-corrected chi connectivity index (χ3v) is 8.68. The number of benzene rings is 3. The fourth-order valence-corrected chi connectivity index (χ4v) is 6.49. The summed E-state index contributed by atoms with van der Waals surface area (Å²) in [4.78, 5) is 15.9. The first-order valence-corrected chi connectivity index (χ1v) is 14.3. The molecule has 2 aromatic heterocycles. The number of aromatic nitrogens is 1. The highest BCUT2D eigenvalue weighted by atomic mass is 32.2. The minimum absolute atomic E-state index is 0.0296. The molecule has 3 heterocycles. The topological polar surface area (TPSA) is 37.6 Å². The molecule has 0 N–H and O–H groups in total. The predicted molar refractivity (Wildman–Crippen MR) is 154 cm³/mol. The van der Waals surface area contributed by atoms with Gasteiger partial charge in [-0.3, -0.25) is 4.79 Å². The van der Waals surface area contributed by atoms with E-state index in [0.29, 0.717) is 5.75 Å². The van der Waals surface area contributed by atoms with Crippen molar-refractivity contribution in [3.63, 3.8) is 0 Å². The molecule has 184 valence electrons. The van der Waals surface area contributed by atoms with Crippen LogP contribution in [0.1, 0.15) is 34.0 Å². The molecule has 1 amide bonds. The standard InChI is InChI=1S/C31H27N3OS2/c1-22-13-15-24(16-14-22)28-18-26(29-12-7-17-36-29)32-34(28)31(35)21-37-30-20-33(19-23-8-3-2-4-9-23)27-11-6-5-10-25(27)30/h2-17,20,28H,18-19,21H2,1H3/t28-/m1/s1. The number of hydrogen-bond donors (Lipinski definition) is 0. The molecule has 1 atom stereocenters. The van der Waals surface area contributed by atoms with Gasteiger partial charge in [0.15, 0.2) is 0 Å². The Labute approximate surface area is 225 Å². The van der Waals surface area contributed by atoms with Gasteiger partial charge in [-0.05, 0) is 35.6 Å². The number of hydrogen-bond acceptors (Lipinski definition) is 4. The lowest BCUT2D eigenvalue weighted by Crippen LogP contribution is -2.28. The van der Waals surface area contributed by atoms with E-state index in [1.165, 1.54) is 22.0 Å². The van der Waals surface area contributed by atoms with Gasteiger partial charge >= 0.3 is 0 Å². The zero-order chi connectivity index (χ0) is 25.2. The van der Waals surface area contributed by atoms with Crippen LogP contribution >= 0.6 is 23.1 Å². The van der Waals surface area contributed by atoms with Gasteiger partial charge in [0, 0.05) is 35.0 Å². The zero-order valence-corrected chi connectivity index (χ0v) is 22.2. The van der Waals surface area contributed by atoms with Crippen LogP contribution in [0.15, 0.2) is 113 Å². The summed E-state index contributed by atoms with van der Waals surface area (Å²) in [5, 5.41) is 9.79. The Kier molecular flexibility index (Phi) is 6.68. The Balaban J connectivity index is 1.25. The first kappa shape index (κ1) is 23.8. The molecule has 0 unspecified atom stereocenters. The summed E-state index contributed by atoms with van der Waals surface area (Å²) in [6.45, 7) is 2.88. The van der Waals surface area contributed by atoms with Gasteiger partial charge in [-0.2, -0.15) is 5.10 Å². The second-order valence-corrected chi connectivity index (χ2v) is 11.3. The van der Waals surface area contributed by atoms with Gasteiger partial charge in [0.05, 0.1) is 22.4 Å². The summed E-state index contributed by atoms with van der Waals surface area (Å²) in [5.41, 5.74) is 5.75. The number of thiophene rings is 1. The average molecular weight is 522 g/mol. The molecule has 0 spiro atoms. The van der Waals surface area contributed by atoms with Gasteiger partial charge in [0.25, 0.3) is 5.91 Å². The summed E-state index contributed by atoms with van der Waals surface area (Å²) >= 11 is 3.27. The van der Waals surface area contributed by atoms with E-state index in [0.717, 1.165) is 34.0 Å².